The number of aromatic carboxylic acids is 1. The van der Waals surface area contributed by atoms with Gasteiger partial charge in [-0.15, -0.1) is 11.3 Å². The van der Waals surface area contributed by atoms with Crippen LogP contribution in [0.4, 0.5) is 0 Å². The number of nitrogens with two attached hydrogens (primary N) is 1. The van der Waals surface area contributed by atoms with Crippen molar-refractivity contribution in [3.63, 3.8) is 0 Å². The Labute approximate surface area is 192 Å². The molecule has 33 heavy (non-hydrogen) atoms. The van der Waals surface area contributed by atoms with Gasteiger partial charge in [0.05, 0.1) is 18.0 Å². The average molecular weight is 458 g/mol. The van der Waals surface area contributed by atoms with Crippen LogP contribution < -0.4 is 10.5 Å². The second kappa shape index (κ2) is 8.07. The van der Waals surface area contributed by atoms with Crippen LogP contribution in [-0.4, -0.2) is 33.9 Å². The van der Waals surface area contributed by atoms with Crippen LogP contribution in [0.1, 0.15) is 21.3 Å². The van der Waals surface area contributed by atoms with E-state index >= 15 is 0 Å². The molecule has 3 aromatic carbocycles. The van der Waals surface area contributed by atoms with Gasteiger partial charge in [0.2, 0.25) is 5.91 Å². The molecule has 0 saturated heterocycles. The molecule has 0 fully saturated rings. The van der Waals surface area contributed by atoms with Crippen molar-refractivity contribution >= 4 is 44.9 Å². The van der Waals surface area contributed by atoms with Gasteiger partial charge >= 0.3 is 5.97 Å². The number of aromatic nitrogens is 2. The van der Waals surface area contributed by atoms with Gasteiger partial charge in [0.15, 0.2) is 6.04 Å². The van der Waals surface area contributed by atoms with Crippen LogP contribution in [0, 0.1) is 0 Å². The van der Waals surface area contributed by atoms with E-state index in [0.717, 1.165) is 21.2 Å². The summed E-state index contributed by atoms with van der Waals surface area (Å²) in [6.45, 7) is 0. The highest BCUT2D eigenvalue weighted by molar-refractivity contribution is 7.10. The van der Waals surface area contributed by atoms with Gasteiger partial charge < -0.3 is 15.6 Å². The smallest absolute Gasteiger partial charge is 0.339 e. The number of rotatable bonds is 6. The number of carbonyl (C=O) groups excluding carboxylic acids is 1. The van der Waals surface area contributed by atoms with Crippen molar-refractivity contribution in [3.05, 3.63) is 82.6 Å². The second-order valence-electron chi connectivity index (χ2n) is 7.52. The van der Waals surface area contributed by atoms with Gasteiger partial charge in [-0.2, -0.15) is 5.10 Å². The number of ether oxygens (including phenoxy) is 1. The number of hydrogen-bond donors (Lipinski definition) is 2. The third kappa shape index (κ3) is 3.41. The Morgan fingerprint density at radius 2 is 1.85 bits per heavy atom. The second-order valence-corrected chi connectivity index (χ2v) is 8.50. The van der Waals surface area contributed by atoms with Gasteiger partial charge in [-0.1, -0.05) is 42.5 Å². The molecule has 0 aliphatic carbocycles. The molecule has 1 unspecified atom stereocenters. The molecule has 2 heterocycles. The summed E-state index contributed by atoms with van der Waals surface area (Å²) >= 11 is 1.40. The van der Waals surface area contributed by atoms with E-state index in [4.69, 9.17) is 15.6 Å². The molecule has 8 heteroatoms. The molecule has 3 N–H and O–H groups in total. The minimum Gasteiger partial charge on any atom is -0.495 e. The fourth-order valence-corrected chi connectivity index (χ4v) is 4.96. The SMILES string of the molecule is COc1c(C(=O)O)ccc2c1c(-c1ccc3ccccc3c1)nn2C(C(N)=O)c1cccs1. The van der Waals surface area contributed by atoms with Crippen LogP contribution >= 0.6 is 11.3 Å². The molecule has 0 aliphatic rings. The predicted octanol–water partition coefficient (Wildman–Crippen LogP) is 4.70. The molecule has 0 spiro atoms. The van der Waals surface area contributed by atoms with Crippen molar-refractivity contribution in [3.8, 4) is 17.0 Å². The highest BCUT2D eigenvalue weighted by Crippen LogP contribution is 2.40. The van der Waals surface area contributed by atoms with Crippen LogP contribution in [0.5, 0.6) is 5.75 Å². The lowest BCUT2D eigenvalue weighted by Crippen LogP contribution is -2.27. The Hall–Kier alpha value is -4.17. The molecular weight excluding hydrogens is 438 g/mol. The largest absolute Gasteiger partial charge is 0.495 e. The van der Waals surface area contributed by atoms with Crippen molar-refractivity contribution in [2.24, 2.45) is 5.73 Å². The van der Waals surface area contributed by atoms with Crippen LogP contribution in [0.15, 0.2) is 72.1 Å². The van der Waals surface area contributed by atoms with Crippen LogP contribution in [0.2, 0.25) is 0 Å². The minimum atomic E-state index is -1.12. The number of carboxylic acids is 1. The van der Waals surface area contributed by atoms with E-state index in [9.17, 15) is 14.7 Å². The molecule has 5 rings (SSSR count). The molecule has 0 radical (unpaired) electrons. The maximum absolute atomic E-state index is 12.5. The van der Waals surface area contributed by atoms with E-state index in [-0.39, 0.29) is 11.3 Å². The molecular formula is C25H19N3O4S. The zero-order valence-corrected chi connectivity index (χ0v) is 18.4. The number of hydrogen-bond acceptors (Lipinski definition) is 5. The van der Waals surface area contributed by atoms with E-state index < -0.39 is 17.9 Å². The lowest BCUT2D eigenvalue weighted by molar-refractivity contribution is -0.120. The summed E-state index contributed by atoms with van der Waals surface area (Å²) < 4.78 is 7.12. The minimum absolute atomic E-state index is 0.0123. The fraction of sp³-hybridized carbons (Fsp3) is 0.0800. The third-order valence-electron chi connectivity index (χ3n) is 5.61. The third-order valence-corrected chi connectivity index (χ3v) is 6.54. The summed E-state index contributed by atoms with van der Waals surface area (Å²) in [6.07, 6.45) is 0. The maximum atomic E-state index is 12.5. The summed E-state index contributed by atoms with van der Waals surface area (Å²) in [4.78, 5) is 25.2. The number of benzene rings is 3. The van der Waals surface area contributed by atoms with E-state index in [1.165, 1.54) is 24.5 Å². The van der Waals surface area contributed by atoms with Gasteiger partial charge in [0, 0.05) is 10.4 Å². The summed E-state index contributed by atoms with van der Waals surface area (Å²) in [6, 6.07) is 19.7. The normalized spacial score (nSPS) is 12.2. The number of primary amides is 1. The number of carbonyl (C=O) groups is 2. The van der Waals surface area contributed by atoms with E-state index in [0.29, 0.717) is 16.6 Å². The van der Waals surface area contributed by atoms with Gasteiger partial charge in [0.1, 0.15) is 17.0 Å². The maximum Gasteiger partial charge on any atom is 0.339 e. The fourth-order valence-electron chi connectivity index (χ4n) is 4.15. The molecule has 0 bridgehead atoms. The number of carboxylic acid groups (broad SMARTS) is 1. The zero-order valence-electron chi connectivity index (χ0n) is 17.6. The van der Waals surface area contributed by atoms with Gasteiger partial charge in [-0.05, 0) is 40.4 Å². The Balaban J connectivity index is 1.86. The van der Waals surface area contributed by atoms with Crippen molar-refractivity contribution in [1.29, 1.82) is 0 Å². The quantitative estimate of drug-likeness (QED) is 0.384. The van der Waals surface area contributed by atoms with E-state index in [1.807, 2.05) is 60.0 Å². The summed E-state index contributed by atoms with van der Waals surface area (Å²) in [5.41, 5.74) is 7.65. The number of amides is 1. The van der Waals surface area contributed by atoms with Crippen molar-refractivity contribution in [2.75, 3.05) is 7.11 Å². The molecule has 7 nitrogen and oxygen atoms in total. The average Bonchev–Trinajstić information content (AvgIpc) is 3.47. The summed E-state index contributed by atoms with van der Waals surface area (Å²) in [7, 11) is 1.42. The van der Waals surface area contributed by atoms with Gasteiger partial charge in [0.25, 0.3) is 0 Å². The number of thiophene rings is 1. The van der Waals surface area contributed by atoms with Crippen LogP contribution in [0.3, 0.4) is 0 Å². The first-order chi connectivity index (χ1) is 16.0. The van der Waals surface area contributed by atoms with Crippen molar-refractivity contribution < 1.29 is 19.4 Å². The van der Waals surface area contributed by atoms with Crippen LogP contribution in [0.25, 0.3) is 32.9 Å². The lowest BCUT2D eigenvalue weighted by atomic mass is 10.0. The molecule has 2 aromatic heterocycles. The van der Waals surface area contributed by atoms with Gasteiger partial charge in [-0.3, -0.25) is 4.79 Å². The van der Waals surface area contributed by atoms with Crippen molar-refractivity contribution in [1.82, 2.24) is 9.78 Å². The standard InChI is InChI=1S/C25H19N3O4S/c1-32-23-17(25(30)31)10-11-18-20(23)21(16-9-8-14-5-2-3-6-15(14)13-16)27-28(18)22(24(26)29)19-7-4-12-33-19/h2-13,22H,1H3,(H2,26,29)(H,30,31). The number of nitrogens with zero attached hydrogens (tertiary/aromatic N) is 2. The number of methoxy groups -OCH3 is 1. The Kier molecular flexibility index (Phi) is 5.07. The highest BCUT2D eigenvalue weighted by Gasteiger charge is 2.29. The summed E-state index contributed by atoms with van der Waals surface area (Å²) in [5, 5.41) is 19.0. The molecule has 164 valence electrons. The zero-order chi connectivity index (χ0) is 23.1. The molecule has 1 amide bonds. The molecule has 5 aromatic rings. The van der Waals surface area contributed by atoms with Gasteiger partial charge in [-0.25, -0.2) is 9.48 Å². The Bertz CT molecular complexity index is 1520. The molecule has 0 saturated carbocycles. The van der Waals surface area contributed by atoms with Crippen molar-refractivity contribution in [2.45, 2.75) is 6.04 Å². The number of fused-ring (bicyclic) bond motifs is 2. The molecule has 0 aliphatic heterocycles. The first-order valence-electron chi connectivity index (χ1n) is 10.1. The van der Waals surface area contributed by atoms with E-state index in [2.05, 4.69) is 0 Å². The van der Waals surface area contributed by atoms with E-state index in [1.54, 1.807) is 10.7 Å². The van der Waals surface area contributed by atoms with Crippen LogP contribution in [-0.2, 0) is 4.79 Å². The first kappa shape index (κ1) is 20.7. The highest BCUT2D eigenvalue weighted by atomic mass is 32.1. The molecule has 1 atom stereocenters. The first-order valence-corrected chi connectivity index (χ1v) is 11.0. The topological polar surface area (TPSA) is 107 Å². The lowest BCUT2D eigenvalue weighted by Gasteiger charge is -2.14. The Morgan fingerprint density at radius 3 is 2.52 bits per heavy atom. The monoisotopic (exact) mass is 457 g/mol. The predicted molar refractivity (Wildman–Crippen MR) is 128 cm³/mol. The Morgan fingerprint density at radius 1 is 1.06 bits per heavy atom. The summed E-state index contributed by atoms with van der Waals surface area (Å²) in [5.74, 6) is -1.49.